The lowest BCUT2D eigenvalue weighted by atomic mass is 9.93. The molecule has 0 bridgehead atoms. The molecule has 0 aliphatic heterocycles. The molecule has 0 unspecified atom stereocenters. The molecule has 12 aromatic rings. The van der Waals surface area contributed by atoms with Crippen LogP contribution in [0.5, 0.6) is 0 Å². The fourth-order valence-electron chi connectivity index (χ4n) is 9.04. The van der Waals surface area contributed by atoms with Gasteiger partial charge < -0.3 is 4.42 Å². The number of rotatable bonds is 6. The molecule has 61 heavy (non-hydrogen) atoms. The van der Waals surface area contributed by atoms with Crippen molar-refractivity contribution in [3.8, 4) is 66.9 Å². The molecule has 0 fully saturated rings. The zero-order valence-electron chi connectivity index (χ0n) is 33.1. The van der Waals surface area contributed by atoms with E-state index in [1.807, 2.05) is 18.3 Å². The fraction of sp³-hybridized carbons (Fsp3) is 0. The molecule has 10 aromatic carbocycles. The minimum Gasteiger partial charge on any atom is -0.455 e. The van der Waals surface area contributed by atoms with Crippen LogP contribution in [0.15, 0.2) is 223 Å². The highest BCUT2D eigenvalue weighted by Gasteiger charge is 2.16. The normalized spacial score (nSPS) is 11.6. The third kappa shape index (κ3) is 6.06. The summed E-state index contributed by atoms with van der Waals surface area (Å²) in [6.45, 7) is 0. The van der Waals surface area contributed by atoms with Gasteiger partial charge in [-0.1, -0.05) is 182 Å². The summed E-state index contributed by atoms with van der Waals surface area (Å²) in [4.78, 5) is 10.7. The molecule has 0 aliphatic carbocycles. The molecule has 0 saturated carbocycles. The second-order valence-electron chi connectivity index (χ2n) is 15.7. The number of nitrogens with zero attached hydrogens (tertiary/aromatic N) is 2. The summed E-state index contributed by atoms with van der Waals surface area (Å²) in [6, 6.07) is 75.5. The van der Waals surface area contributed by atoms with Gasteiger partial charge in [-0.15, -0.1) is 0 Å². The van der Waals surface area contributed by atoms with Crippen LogP contribution in [0.3, 0.4) is 0 Å². The largest absolute Gasteiger partial charge is 0.455 e. The van der Waals surface area contributed by atoms with E-state index in [4.69, 9.17) is 14.4 Å². The molecular formula is C58H36N2O. The summed E-state index contributed by atoms with van der Waals surface area (Å²) in [5, 5.41) is 6.80. The predicted octanol–water partition coefficient (Wildman–Crippen LogP) is 15.8. The zero-order valence-corrected chi connectivity index (χ0v) is 33.1. The van der Waals surface area contributed by atoms with Crippen LogP contribution in [0.4, 0.5) is 0 Å². The summed E-state index contributed by atoms with van der Waals surface area (Å²) in [5.41, 5.74) is 17.0. The molecule has 0 saturated heterocycles. The average Bonchev–Trinajstić information content (AvgIpc) is 3.73. The van der Waals surface area contributed by atoms with Crippen molar-refractivity contribution >= 4 is 54.5 Å². The van der Waals surface area contributed by atoms with Gasteiger partial charge in [0.05, 0.1) is 22.9 Å². The number of para-hydroxylation sites is 2. The van der Waals surface area contributed by atoms with Gasteiger partial charge in [0.15, 0.2) is 0 Å². The van der Waals surface area contributed by atoms with E-state index in [9.17, 15) is 0 Å². The Morgan fingerprint density at radius 2 is 0.770 bits per heavy atom. The SMILES string of the molecule is c1ccc(-c2ccc3c4ccc(-c5ccccc5)cc4c4nc(-c5cccc(-c6cccc(-c7ccc(-c8cccc9c8oc8ccccc89)cc7)c6)c5)cnc4c3c2)cc1. The molecule has 12 rings (SSSR count). The highest BCUT2D eigenvalue weighted by Crippen LogP contribution is 2.40. The maximum absolute atomic E-state index is 6.35. The minimum absolute atomic E-state index is 0.838. The molecule has 284 valence electrons. The van der Waals surface area contributed by atoms with Crippen molar-refractivity contribution in [2.45, 2.75) is 0 Å². The third-order valence-electron chi connectivity index (χ3n) is 12.1. The highest BCUT2D eigenvalue weighted by molar-refractivity contribution is 6.24. The van der Waals surface area contributed by atoms with Crippen LogP contribution in [0.25, 0.3) is 121 Å². The number of furan rings is 1. The Labute approximate surface area is 352 Å². The monoisotopic (exact) mass is 776 g/mol. The van der Waals surface area contributed by atoms with Crippen molar-refractivity contribution < 1.29 is 4.42 Å². The van der Waals surface area contributed by atoms with E-state index in [0.717, 1.165) is 99.5 Å². The van der Waals surface area contributed by atoms with Gasteiger partial charge in [0.2, 0.25) is 0 Å². The second-order valence-corrected chi connectivity index (χ2v) is 15.7. The lowest BCUT2D eigenvalue weighted by Gasteiger charge is -2.14. The Kier molecular flexibility index (Phi) is 8.17. The summed E-state index contributed by atoms with van der Waals surface area (Å²) < 4.78 is 6.35. The van der Waals surface area contributed by atoms with Crippen molar-refractivity contribution in [1.82, 2.24) is 9.97 Å². The summed E-state index contributed by atoms with van der Waals surface area (Å²) in [6.07, 6.45) is 1.94. The number of hydrogen-bond acceptors (Lipinski definition) is 3. The van der Waals surface area contributed by atoms with Crippen LogP contribution in [0, 0.1) is 0 Å². The molecule has 0 radical (unpaired) electrons. The Balaban J connectivity index is 0.928. The Morgan fingerprint density at radius 3 is 1.46 bits per heavy atom. The highest BCUT2D eigenvalue weighted by atomic mass is 16.3. The Morgan fingerprint density at radius 1 is 0.295 bits per heavy atom. The van der Waals surface area contributed by atoms with E-state index in [-0.39, 0.29) is 0 Å². The first kappa shape index (κ1) is 34.9. The average molecular weight is 777 g/mol. The first-order chi connectivity index (χ1) is 30.2. The van der Waals surface area contributed by atoms with Crippen LogP contribution in [0.2, 0.25) is 0 Å². The van der Waals surface area contributed by atoms with E-state index < -0.39 is 0 Å². The van der Waals surface area contributed by atoms with Gasteiger partial charge in [-0.05, 0) is 91.2 Å². The molecule has 3 nitrogen and oxygen atoms in total. The van der Waals surface area contributed by atoms with Crippen LogP contribution in [-0.4, -0.2) is 9.97 Å². The number of fused-ring (bicyclic) bond motifs is 9. The quantitative estimate of drug-likeness (QED) is 0.158. The summed E-state index contributed by atoms with van der Waals surface area (Å²) >= 11 is 0. The number of benzene rings is 10. The molecule has 2 heterocycles. The molecule has 0 N–H and O–H groups in total. The first-order valence-corrected chi connectivity index (χ1v) is 20.7. The number of aromatic nitrogens is 2. The van der Waals surface area contributed by atoms with Gasteiger partial charge in [0, 0.05) is 32.7 Å². The third-order valence-corrected chi connectivity index (χ3v) is 12.1. The fourth-order valence-corrected chi connectivity index (χ4v) is 9.04. The van der Waals surface area contributed by atoms with E-state index in [1.165, 1.54) is 21.9 Å². The van der Waals surface area contributed by atoms with Gasteiger partial charge in [-0.2, -0.15) is 0 Å². The lowest BCUT2D eigenvalue weighted by molar-refractivity contribution is 0.670. The predicted molar refractivity (Wildman–Crippen MR) is 254 cm³/mol. The first-order valence-electron chi connectivity index (χ1n) is 20.7. The van der Waals surface area contributed by atoms with E-state index in [1.54, 1.807) is 0 Å². The van der Waals surface area contributed by atoms with Crippen LogP contribution < -0.4 is 0 Å². The van der Waals surface area contributed by atoms with Gasteiger partial charge in [-0.3, -0.25) is 4.98 Å². The van der Waals surface area contributed by atoms with Crippen LogP contribution >= 0.6 is 0 Å². The second kappa shape index (κ2) is 14.3. The maximum Gasteiger partial charge on any atom is 0.143 e. The van der Waals surface area contributed by atoms with Crippen LogP contribution in [0.1, 0.15) is 0 Å². The van der Waals surface area contributed by atoms with Crippen molar-refractivity contribution in [3.05, 3.63) is 219 Å². The van der Waals surface area contributed by atoms with E-state index >= 15 is 0 Å². The van der Waals surface area contributed by atoms with Crippen molar-refractivity contribution in [1.29, 1.82) is 0 Å². The van der Waals surface area contributed by atoms with E-state index in [0.29, 0.717) is 0 Å². The summed E-state index contributed by atoms with van der Waals surface area (Å²) in [5.74, 6) is 0. The molecule has 0 amide bonds. The Bertz CT molecular complexity index is 3630. The van der Waals surface area contributed by atoms with E-state index in [2.05, 4.69) is 200 Å². The molecule has 0 aliphatic rings. The summed E-state index contributed by atoms with van der Waals surface area (Å²) in [7, 11) is 0. The van der Waals surface area contributed by atoms with Crippen LogP contribution in [-0.2, 0) is 0 Å². The molecular weight excluding hydrogens is 741 g/mol. The van der Waals surface area contributed by atoms with Crippen molar-refractivity contribution in [2.75, 3.05) is 0 Å². The maximum atomic E-state index is 6.35. The van der Waals surface area contributed by atoms with Gasteiger partial charge in [0.25, 0.3) is 0 Å². The lowest BCUT2D eigenvalue weighted by Crippen LogP contribution is -1.93. The standard InChI is InChI=1S/C58H36N2O/c1-3-12-37(13-4-1)44-28-30-48-49-31-29-45(38-14-5-2-6-15-38)35-53(49)57-56(52(48)34-44)59-36-54(60-57)46-19-10-18-43(33-46)42-17-9-16-41(32-42)39-24-26-40(27-25-39)47-21-11-22-51-50-20-7-8-23-55(50)61-58(47)51/h1-36H. The van der Waals surface area contributed by atoms with Gasteiger partial charge >= 0.3 is 0 Å². The van der Waals surface area contributed by atoms with Gasteiger partial charge in [-0.25, -0.2) is 4.98 Å². The number of hydrogen-bond donors (Lipinski definition) is 0. The Hall–Kier alpha value is -8.14. The van der Waals surface area contributed by atoms with Crippen molar-refractivity contribution in [3.63, 3.8) is 0 Å². The molecule has 0 atom stereocenters. The minimum atomic E-state index is 0.838. The molecule has 3 heteroatoms. The van der Waals surface area contributed by atoms with Crippen molar-refractivity contribution in [2.24, 2.45) is 0 Å². The topological polar surface area (TPSA) is 38.9 Å². The zero-order chi connectivity index (χ0) is 40.3. The smallest absolute Gasteiger partial charge is 0.143 e. The molecule has 2 aromatic heterocycles. The van der Waals surface area contributed by atoms with Gasteiger partial charge in [0.1, 0.15) is 11.2 Å². The molecule has 0 spiro atoms.